The fraction of sp³-hybridized carbons (Fsp3) is 0.588. The second-order valence-corrected chi connectivity index (χ2v) is 8.78. The lowest BCUT2D eigenvalue weighted by Crippen LogP contribution is -2.39. The third-order valence-electron chi connectivity index (χ3n) is 4.42. The van der Waals surface area contributed by atoms with Crippen molar-refractivity contribution in [1.82, 2.24) is 9.62 Å². The predicted octanol–water partition coefficient (Wildman–Crippen LogP) is 1.85. The third kappa shape index (κ3) is 6.22. The SMILES string of the molecule is C[C@@H](CN)NC(=O)c1cc(S(=O)(=O)N(C)C)ccc1N1CCCCC1.Cl.Cl. The Balaban J connectivity index is 0.00000338. The summed E-state index contributed by atoms with van der Waals surface area (Å²) in [5, 5.41) is 2.83. The van der Waals surface area contributed by atoms with Gasteiger partial charge >= 0.3 is 0 Å². The van der Waals surface area contributed by atoms with Gasteiger partial charge in [0.15, 0.2) is 0 Å². The van der Waals surface area contributed by atoms with Gasteiger partial charge in [-0.15, -0.1) is 24.8 Å². The molecule has 1 aromatic carbocycles. The molecule has 1 heterocycles. The summed E-state index contributed by atoms with van der Waals surface area (Å²) in [6.07, 6.45) is 3.31. The number of carbonyl (C=O) groups excluding carboxylic acids is 1. The number of hydrogen-bond donors (Lipinski definition) is 2. The van der Waals surface area contributed by atoms with Crippen LogP contribution in [0.5, 0.6) is 0 Å². The number of rotatable bonds is 6. The number of amides is 1. The molecule has 156 valence electrons. The smallest absolute Gasteiger partial charge is 0.253 e. The molecule has 1 fully saturated rings. The topological polar surface area (TPSA) is 95.7 Å². The van der Waals surface area contributed by atoms with Crippen LogP contribution in [0.4, 0.5) is 5.69 Å². The van der Waals surface area contributed by atoms with Crippen molar-refractivity contribution in [3.8, 4) is 0 Å². The number of nitrogens with one attached hydrogen (secondary N) is 1. The second kappa shape index (κ2) is 11.1. The van der Waals surface area contributed by atoms with Crippen molar-refractivity contribution in [2.24, 2.45) is 5.73 Å². The van der Waals surface area contributed by atoms with Crippen molar-refractivity contribution in [2.45, 2.75) is 37.1 Å². The molecule has 1 amide bonds. The van der Waals surface area contributed by atoms with Crippen molar-refractivity contribution in [1.29, 1.82) is 0 Å². The van der Waals surface area contributed by atoms with E-state index in [1.807, 2.05) is 6.92 Å². The Labute approximate surface area is 174 Å². The van der Waals surface area contributed by atoms with Gasteiger partial charge in [0.05, 0.1) is 10.5 Å². The van der Waals surface area contributed by atoms with Crippen molar-refractivity contribution in [3.63, 3.8) is 0 Å². The number of sulfonamides is 1. The summed E-state index contributed by atoms with van der Waals surface area (Å²) in [7, 11) is -0.652. The van der Waals surface area contributed by atoms with E-state index < -0.39 is 10.0 Å². The molecule has 0 unspecified atom stereocenters. The highest BCUT2D eigenvalue weighted by molar-refractivity contribution is 7.89. The van der Waals surface area contributed by atoms with E-state index in [-0.39, 0.29) is 41.7 Å². The summed E-state index contributed by atoms with van der Waals surface area (Å²) in [6, 6.07) is 4.60. The van der Waals surface area contributed by atoms with Crippen LogP contribution in [0.15, 0.2) is 23.1 Å². The highest BCUT2D eigenvalue weighted by Crippen LogP contribution is 2.28. The molecule has 1 aliphatic heterocycles. The molecule has 27 heavy (non-hydrogen) atoms. The second-order valence-electron chi connectivity index (χ2n) is 6.62. The van der Waals surface area contributed by atoms with E-state index in [0.29, 0.717) is 12.1 Å². The zero-order valence-electron chi connectivity index (χ0n) is 16.0. The van der Waals surface area contributed by atoms with Crippen LogP contribution in [0.1, 0.15) is 36.5 Å². The lowest BCUT2D eigenvalue weighted by atomic mass is 10.1. The van der Waals surface area contributed by atoms with Crippen LogP contribution < -0.4 is 16.0 Å². The molecule has 3 N–H and O–H groups in total. The van der Waals surface area contributed by atoms with Crippen molar-refractivity contribution in [2.75, 3.05) is 38.6 Å². The van der Waals surface area contributed by atoms with E-state index in [1.54, 1.807) is 12.1 Å². The molecule has 0 radical (unpaired) electrons. The van der Waals surface area contributed by atoms with Crippen molar-refractivity contribution < 1.29 is 13.2 Å². The Morgan fingerprint density at radius 1 is 1.22 bits per heavy atom. The van der Waals surface area contributed by atoms with Gasteiger partial charge in [0.1, 0.15) is 0 Å². The largest absolute Gasteiger partial charge is 0.371 e. The van der Waals surface area contributed by atoms with Gasteiger partial charge in [0.2, 0.25) is 10.0 Å². The van der Waals surface area contributed by atoms with Gasteiger partial charge in [-0.1, -0.05) is 0 Å². The summed E-state index contributed by atoms with van der Waals surface area (Å²) < 4.78 is 26.0. The van der Waals surface area contributed by atoms with Gasteiger partial charge in [-0.25, -0.2) is 12.7 Å². The molecular formula is C17H30Cl2N4O3S. The quantitative estimate of drug-likeness (QED) is 0.703. The van der Waals surface area contributed by atoms with Crippen molar-refractivity contribution in [3.05, 3.63) is 23.8 Å². The van der Waals surface area contributed by atoms with Crippen LogP contribution >= 0.6 is 24.8 Å². The molecule has 10 heteroatoms. The number of nitrogens with two attached hydrogens (primary N) is 1. The van der Waals surface area contributed by atoms with Crippen LogP contribution in [-0.2, 0) is 10.0 Å². The Hall–Kier alpha value is -1.06. The van der Waals surface area contributed by atoms with Crippen LogP contribution in [0, 0.1) is 0 Å². The van der Waals surface area contributed by atoms with E-state index in [1.165, 1.54) is 26.6 Å². The fourth-order valence-electron chi connectivity index (χ4n) is 2.84. The molecule has 0 saturated carbocycles. The van der Waals surface area contributed by atoms with Crippen LogP contribution in [-0.4, -0.2) is 58.4 Å². The first-order valence-electron chi connectivity index (χ1n) is 8.60. The van der Waals surface area contributed by atoms with Gasteiger partial charge in [-0.2, -0.15) is 0 Å². The Morgan fingerprint density at radius 2 is 1.81 bits per heavy atom. The van der Waals surface area contributed by atoms with Gasteiger partial charge in [-0.3, -0.25) is 4.79 Å². The van der Waals surface area contributed by atoms with Crippen LogP contribution in [0.25, 0.3) is 0 Å². The first-order valence-corrected chi connectivity index (χ1v) is 10.0. The maximum absolute atomic E-state index is 12.7. The molecule has 0 spiro atoms. The van der Waals surface area contributed by atoms with E-state index in [9.17, 15) is 13.2 Å². The standard InChI is InChI=1S/C17H28N4O3S.2ClH/c1-13(12-18)19-17(22)15-11-14(25(23,24)20(2)3)7-8-16(15)21-9-5-4-6-10-21;;/h7-8,11,13H,4-6,9-10,12,18H2,1-3H3,(H,19,22);2*1H/t13-;;/m0../s1. The summed E-state index contributed by atoms with van der Waals surface area (Å²) in [6.45, 7) is 3.87. The monoisotopic (exact) mass is 440 g/mol. The normalized spacial score (nSPS) is 15.5. The number of benzene rings is 1. The maximum atomic E-state index is 12.7. The highest BCUT2D eigenvalue weighted by Gasteiger charge is 2.24. The van der Waals surface area contributed by atoms with Crippen LogP contribution in [0.3, 0.4) is 0 Å². The molecule has 0 bridgehead atoms. The Morgan fingerprint density at radius 3 is 2.33 bits per heavy atom. The van der Waals surface area contributed by atoms with Gasteiger partial charge in [0.25, 0.3) is 5.91 Å². The zero-order valence-corrected chi connectivity index (χ0v) is 18.4. The van der Waals surface area contributed by atoms with Gasteiger partial charge in [-0.05, 0) is 44.4 Å². The number of nitrogens with zero attached hydrogens (tertiary/aromatic N) is 2. The predicted molar refractivity (Wildman–Crippen MR) is 114 cm³/mol. The average Bonchev–Trinajstić information content (AvgIpc) is 2.61. The van der Waals surface area contributed by atoms with E-state index in [0.717, 1.165) is 35.9 Å². The van der Waals surface area contributed by atoms with Gasteiger partial charge < -0.3 is 16.0 Å². The maximum Gasteiger partial charge on any atom is 0.253 e. The summed E-state index contributed by atoms with van der Waals surface area (Å²) in [5.74, 6) is -0.297. The average molecular weight is 441 g/mol. The minimum atomic E-state index is -3.60. The highest BCUT2D eigenvalue weighted by atomic mass is 35.5. The lowest BCUT2D eigenvalue weighted by Gasteiger charge is -2.31. The first-order chi connectivity index (χ1) is 11.8. The van der Waals surface area contributed by atoms with Crippen molar-refractivity contribution >= 4 is 46.4 Å². The molecule has 0 aromatic heterocycles. The number of anilines is 1. The minimum Gasteiger partial charge on any atom is -0.371 e. The minimum absolute atomic E-state index is 0. The van der Waals surface area contributed by atoms with E-state index in [2.05, 4.69) is 10.2 Å². The molecular weight excluding hydrogens is 411 g/mol. The van der Waals surface area contributed by atoms with Crippen LogP contribution in [0.2, 0.25) is 0 Å². The lowest BCUT2D eigenvalue weighted by molar-refractivity contribution is 0.0941. The number of hydrogen-bond acceptors (Lipinski definition) is 5. The summed E-state index contributed by atoms with van der Waals surface area (Å²) in [5.41, 5.74) is 6.75. The molecule has 1 saturated heterocycles. The van der Waals surface area contributed by atoms with Gasteiger partial charge in [0, 0.05) is 45.5 Å². The molecule has 0 aliphatic carbocycles. The molecule has 1 aliphatic rings. The molecule has 2 rings (SSSR count). The number of carbonyl (C=O) groups is 1. The van der Waals surface area contributed by atoms with E-state index in [4.69, 9.17) is 5.73 Å². The molecule has 1 aromatic rings. The number of halogens is 2. The molecule has 7 nitrogen and oxygen atoms in total. The number of piperidine rings is 1. The Bertz CT molecular complexity index is 723. The fourth-order valence-corrected chi connectivity index (χ4v) is 3.77. The molecule has 1 atom stereocenters. The first kappa shape index (κ1) is 25.9. The Kier molecular flexibility index (Phi) is 10.6. The summed E-state index contributed by atoms with van der Waals surface area (Å²) >= 11 is 0. The zero-order chi connectivity index (χ0) is 18.6. The summed E-state index contributed by atoms with van der Waals surface area (Å²) in [4.78, 5) is 15.0. The van der Waals surface area contributed by atoms with E-state index >= 15 is 0 Å². The third-order valence-corrected chi connectivity index (χ3v) is 6.23.